The van der Waals surface area contributed by atoms with E-state index in [9.17, 15) is 4.79 Å². The fraction of sp³-hybridized carbons (Fsp3) is 0.467. The summed E-state index contributed by atoms with van der Waals surface area (Å²) in [7, 11) is 0. The van der Waals surface area contributed by atoms with Crippen molar-refractivity contribution >= 4 is 22.7 Å². The van der Waals surface area contributed by atoms with Gasteiger partial charge in [0.15, 0.2) is 11.5 Å². The second-order valence-electron chi connectivity index (χ2n) is 5.19. The molecule has 1 unspecified atom stereocenters. The first-order valence-corrected chi connectivity index (χ1v) is 6.72. The van der Waals surface area contributed by atoms with Crippen LogP contribution in [0.15, 0.2) is 22.6 Å². The first-order chi connectivity index (χ1) is 9.01. The summed E-state index contributed by atoms with van der Waals surface area (Å²) in [6.45, 7) is 7.99. The maximum Gasteiger partial charge on any atom is 0.227 e. The van der Waals surface area contributed by atoms with Crippen molar-refractivity contribution in [2.45, 2.75) is 40.0 Å². The second kappa shape index (κ2) is 5.43. The van der Waals surface area contributed by atoms with E-state index in [2.05, 4.69) is 10.3 Å². The fourth-order valence-electron chi connectivity index (χ4n) is 1.72. The van der Waals surface area contributed by atoms with Crippen LogP contribution in [0.2, 0.25) is 0 Å². The van der Waals surface area contributed by atoms with Gasteiger partial charge in [0.05, 0.1) is 0 Å². The van der Waals surface area contributed by atoms with Gasteiger partial charge < -0.3 is 9.73 Å². The largest absolute Gasteiger partial charge is 0.440 e. The SMILES string of the molecule is CCC(C)C(=O)Nc1ccc2oc(C(C)C)nc2c1. The lowest BCUT2D eigenvalue weighted by molar-refractivity contribution is -0.119. The average Bonchev–Trinajstić information content (AvgIpc) is 2.81. The van der Waals surface area contributed by atoms with Crippen molar-refractivity contribution in [2.24, 2.45) is 5.92 Å². The van der Waals surface area contributed by atoms with Crippen LogP contribution >= 0.6 is 0 Å². The van der Waals surface area contributed by atoms with Gasteiger partial charge in [-0.25, -0.2) is 4.98 Å². The number of nitrogens with zero attached hydrogens (tertiary/aromatic N) is 1. The van der Waals surface area contributed by atoms with Crippen LogP contribution in [0.3, 0.4) is 0 Å². The molecule has 1 atom stereocenters. The Morgan fingerprint density at radius 1 is 1.37 bits per heavy atom. The summed E-state index contributed by atoms with van der Waals surface area (Å²) in [6, 6.07) is 5.54. The third kappa shape index (κ3) is 2.95. The highest BCUT2D eigenvalue weighted by atomic mass is 16.3. The van der Waals surface area contributed by atoms with Gasteiger partial charge >= 0.3 is 0 Å². The Kier molecular flexibility index (Phi) is 3.88. The van der Waals surface area contributed by atoms with E-state index >= 15 is 0 Å². The quantitative estimate of drug-likeness (QED) is 0.906. The molecule has 102 valence electrons. The molecule has 0 aliphatic rings. The van der Waals surface area contributed by atoms with Crippen molar-refractivity contribution in [2.75, 3.05) is 5.32 Å². The lowest BCUT2D eigenvalue weighted by atomic mass is 10.1. The van der Waals surface area contributed by atoms with E-state index in [0.29, 0.717) is 0 Å². The lowest BCUT2D eigenvalue weighted by Crippen LogP contribution is -2.19. The number of hydrogen-bond donors (Lipinski definition) is 1. The second-order valence-corrected chi connectivity index (χ2v) is 5.19. The van der Waals surface area contributed by atoms with Crippen molar-refractivity contribution in [3.05, 3.63) is 24.1 Å². The van der Waals surface area contributed by atoms with E-state index in [1.807, 2.05) is 45.9 Å². The number of nitrogens with one attached hydrogen (secondary N) is 1. The molecule has 1 amide bonds. The number of oxazole rings is 1. The number of carbonyl (C=O) groups is 1. The molecule has 0 radical (unpaired) electrons. The molecule has 2 aromatic rings. The highest BCUT2D eigenvalue weighted by Crippen LogP contribution is 2.24. The molecule has 0 fully saturated rings. The molecular weight excluding hydrogens is 240 g/mol. The van der Waals surface area contributed by atoms with Gasteiger partial charge in [-0.15, -0.1) is 0 Å². The molecule has 4 nitrogen and oxygen atoms in total. The van der Waals surface area contributed by atoms with Crippen LogP contribution in [0.25, 0.3) is 11.1 Å². The zero-order chi connectivity index (χ0) is 14.0. The number of fused-ring (bicyclic) bond motifs is 1. The van der Waals surface area contributed by atoms with E-state index < -0.39 is 0 Å². The van der Waals surface area contributed by atoms with Gasteiger partial charge in [-0.2, -0.15) is 0 Å². The molecule has 0 saturated carbocycles. The summed E-state index contributed by atoms with van der Waals surface area (Å²) >= 11 is 0. The molecule has 0 saturated heterocycles. The number of benzene rings is 1. The minimum atomic E-state index is 0.0132. The third-order valence-electron chi connectivity index (χ3n) is 3.23. The molecule has 1 aromatic heterocycles. The Balaban J connectivity index is 2.24. The van der Waals surface area contributed by atoms with Gasteiger partial charge in [-0.3, -0.25) is 4.79 Å². The summed E-state index contributed by atoms with van der Waals surface area (Å²) in [5.41, 5.74) is 2.30. The topological polar surface area (TPSA) is 55.1 Å². The van der Waals surface area contributed by atoms with Crippen LogP contribution in [-0.2, 0) is 4.79 Å². The molecule has 4 heteroatoms. The summed E-state index contributed by atoms with van der Waals surface area (Å²) < 4.78 is 5.63. The molecule has 0 aliphatic carbocycles. The van der Waals surface area contributed by atoms with Crippen LogP contribution in [0.1, 0.15) is 45.9 Å². The van der Waals surface area contributed by atoms with Gasteiger partial charge in [-0.05, 0) is 24.6 Å². The highest BCUT2D eigenvalue weighted by molar-refractivity contribution is 5.94. The van der Waals surface area contributed by atoms with E-state index in [0.717, 1.165) is 29.1 Å². The third-order valence-corrected chi connectivity index (χ3v) is 3.23. The fourth-order valence-corrected chi connectivity index (χ4v) is 1.72. The normalized spacial score (nSPS) is 12.9. The molecule has 1 heterocycles. The Labute approximate surface area is 113 Å². The number of anilines is 1. The number of aromatic nitrogens is 1. The van der Waals surface area contributed by atoms with Crippen molar-refractivity contribution in [1.82, 2.24) is 4.98 Å². The minimum absolute atomic E-state index is 0.0132. The molecule has 1 aromatic carbocycles. The van der Waals surface area contributed by atoms with Crippen LogP contribution in [0.5, 0.6) is 0 Å². The Hall–Kier alpha value is -1.84. The van der Waals surface area contributed by atoms with Crippen molar-refractivity contribution in [1.29, 1.82) is 0 Å². The average molecular weight is 260 g/mol. The van der Waals surface area contributed by atoms with E-state index in [-0.39, 0.29) is 17.7 Å². The lowest BCUT2D eigenvalue weighted by Gasteiger charge is -2.09. The maximum atomic E-state index is 11.8. The smallest absolute Gasteiger partial charge is 0.227 e. The summed E-state index contributed by atoms with van der Waals surface area (Å²) in [4.78, 5) is 16.3. The van der Waals surface area contributed by atoms with Gasteiger partial charge in [0.1, 0.15) is 5.52 Å². The first kappa shape index (κ1) is 13.6. The number of amides is 1. The van der Waals surface area contributed by atoms with Crippen LogP contribution in [0, 0.1) is 5.92 Å². The standard InChI is InChI=1S/C15H20N2O2/c1-5-10(4)14(18)16-11-6-7-13-12(8-11)17-15(19-13)9(2)3/h6-10H,5H2,1-4H3,(H,16,18). The van der Waals surface area contributed by atoms with Crippen molar-refractivity contribution in [3.63, 3.8) is 0 Å². The minimum Gasteiger partial charge on any atom is -0.440 e. The molecule has 0 aliphatic heterocycles. The summed E-state index contributed by atoms with van der Waals surface area (Å²) in [6.07, 6.45) is 0.829. The predicted octanol–water partition coefficient (Wildman–Crippen LogP) is 3.94. The molecule has 2 rings (SSSR count). The monoisotopic (exact) mass is 260 g/mol. The first-order valence-electron chi connectivity index (χ1n) is 6.72. The molecule has 0 bridgehead atoms. The van der Waals surface area contributed by atoms with Crippen LogP contribution in [0.4, 0.5) is 5.69 Å². The van der Waals surface area contributed by atoms with E-state index in [1.165, 1.54) is 0 Å². The Bertz CT molecular complexity index is 587. The Morgan fingerprint density at radius 3 is 2.74 bits per heavy atom. The molecule has 1 N–H and O–H groups in total. The Morgan fingerprint density at radius 2 is 2.11 bits per heavy atom. The van der Waals surface area contributed by atoms with Gasteiger partial charge in [0.25, 0.3) is 0 Å². The van der Waals surface area contributed by atoms with Crippen molar-refractivity contribution in [3.8, 4) is 0 Å². The summed E-state index contributed by atoms with van der Waals surface area (Å²) in [5.74, 6) is 1.03. The molecular formula is C15H20N2O2. The van der Waals surface area contributed by atoms with Crippen LogP contribution in [-0.4, -0.2) is 10.9 Å². The predicted molar refractivity (Wildman–Crippen MR) is 76.2 cm³/mol. The summed E-state index contributed by atoms with van der Waals surface area (Å²) in [5, 5.41) is 2.90. The van der Waals surface area contributed by atoms with Gasteiger partial charge in [0.2, 0.25) is 5.91 Å². The van der Waals surface area contributed by atoms with E-state index in [1.54, 1.807) is 0 Å². The number of hydrogen-bond acceptors (Lipinski definition) is 3. The van der Waals surface area contributed by atoms with Gasteiger partial charge in [-0.1, -0.05) is 27.7 Å². The molecule has 0 spiro atoms. The van der Waals surface area contributed by atoms with E-state index in [4.69, 9.17) is 4.42 Å². The molecule has 19 heavy (non-hydrogen) atoms. The maximum absolute atomic E-state index is 11.8. The zero-order valence-corrected chi connectivity index (χ0v) is 11.9. The van der Waals surface area contributed by atoms with Crippen molar-refractivity contribution < 1.29 is 9.21 Å². The zero-order valence-electron chi connectivity index (χ0n) is 11.9. The number of rotatable bonds is 4. The van der Waals surface area contributed by atoms with Crippen LogP contribution < -0.4 is 5.32 Å². The van der Waals surface area contributed by atoms with Gasteiger partial charge in [0, 0.05) is 17.5 Å². The highest BCUT2D eigenvalue weighted by Gasteiger charge is 2.13. The number of carbonyl (C=O) groups excluding carboxylic acids is 1.